The summed E-state index contributed by atoms with van der Waals surface area (Å²) in [5.74, 6) is -0.0835. The maximum Gasteiger partial charge on any atom is 0.259 e. The van der Waals surface area contributed by atoms with Crippen LogP contribution < -0.4 is 11.1 Å². The summed E-state index contributed by atoms with van der Waals surface area (Å²) in [7, 11) is 0. The van der Waals surface area contributed by atoms with E-state index in [2.05, 4.69) is 32.9 Å². The topological polar surface area (TPSA) is 68.0 Å². The zero-order chi connectivity index (χ0) is 13.1. The molecule has 0 atom stereocenters. The molecule has 0 aliphatic carbocycles. The van der Waals surface area contributed by atoms with Crippen LogP contribution >= 0.6 is 34.2 Å². The van der Waals surface area contributed by atoms with E-state index in [1.165, 1.54) is 6.20 Å². The highest BCUT2D eigenvalue weighted by Gasteiger charge is 2.11. The zero-order valence-corrected chi connectivity index (χ0v) is 12.1. The van der Waals surface area contributed by atoms with Crippen molar-refractivity contribution in [1.29, 1.82) is 0 Å². The fourth-order valence-electron chi connectivity index (χ4n) is 1.39. The molecule has 2 aromatic rings. The molecule has 1 aromatic carbocycles. The summed E-state index contributed by atoms with van der Waals surface area (Å²) >= 11 is 7.95. The quantitative estimate of drug-likeness (QED) is 0.795. The van der Waals surface area contributed by atoms with Gasteiger partial charge < -0.3 is 11.1 Å². The highest BCUT2D eigenvalue weighted by Crippen LogP contribution is 2.23. The largest absolute Gasteiger partial charge is 0.383 e. The normalized spacial score (nSPS) is 10.1. The maximum atomic E-state index is 12.0. The second-order valence-corrected chi connectivity index (χ2v) is 5.11. The fraction of sp³-hybridized carbons (Fsp3) is 0. The van der Waals surface area contributed by atoms with Gasteiger partial charge in [-0.15, -0.1) is 0 Å². The number of hydrogen-bond donors (Lipinski definition) is 2. The molecule has 6 heteroatoms. The van der Waals surface area contributed by atoms with Gasteiger partial charge >= 0.3 is 0 Å². The second-order valence-electron chi connectivity index (χ2n) is 3.51. The van der Waals surface area contributed by atoms with E-state index in [1.807, 2.05) is 0 Å². The molecular formula is C12H9ClIN3O. The number of nitrogens with zero attached hydrogens (tertiary/aromatic N) is 1. The smallest absolute Gasteiger partial charge is 0.259 e. The number of hydrogen-bond acceptors (Lipinski definition) is 3. The molecule has 1 aromatic heterocycles. The highest BCUT2D eigenvalue weighted by molar-refractivity contribution is 14.1. The maximum absolute atomic E-state index is 12.0. The van der Waals surface area contributed by atoms with Gasteiger partial charge in [0.25, 0.3) is 5.91 Å². The third kappa shape index (κ3) is 2.91. The summed E-state index contributed by atoms with van der Waals surface area (Å²) in [6, 6.07) is 8.52. The van der Waals surface area contributed by atoms with E-state index >= 15 is 0 Å². The standard InChI is InChI=1S/C12H9ClIN3O/c13-7-3-4-10(9(14)6-7)17-12(18)8-2-1-5-16-11(8)15/h1-6H,(H2,15,16)(H,17,18). The summed E-state index contributed by atoms with van der Waals surface area (Å²) in [5.41, 5.74) is 6.68. The Morgan fingerprint density at radius 1 is 1.39 bits per heavy atom. The minimum absolute atomic E-state index is 0.207. The number of anilines is 2. The molecule has 3 N–H and O–H groups in total. The van der Waals surface area contributed by atoms with Gasteiger partial charge in [-0.1, -0.05) is 11.6 Å². The monoisotopic (exact) mass is 373 g/mol. The summed E-state index contributed by atoms with van der Waals surface area (Å²) in [6.45, 7) is 0. The Morgan fingerprint density at radius 3 is 2.83 bits per heavy atom. The van der Waals surface area contributed by atoms with Crippen molar-refractivity contribution in [2.75, 3.05) is 11.1 Å². The van der Waals surface area contributed by atoms with Gasteiger partial charge in [0.05, 0.1) is 11.3 Å². The number of pyridine rings is 1. The predicted molar refractivity (Wildman–Crippen MR) is 80.8 cm³/mol. The first-order valence-corrected chi connectivity index (χ1v) is 6.50. The second kappa shape index (κ2) is 5.53. The Bertz CT molecular complexity index is 604. The third-order valence-corrected chi connectivity index (χ3v) is 3.39. The van der Waals surface area contributed by atoms with Crippen molar-refractivity contribution in [3.8, 4) is 0 Å². The van der Waals surface area contributed by atoms with Crippen molar-refractivity contribution in [2.24, 2.45) is 0 Å². The number of halogens is 2. The van der Waals surface area contributed by atoms with E-state index in [-0.39, 0.29) is 11.7 Å². The fourth-order valence-corrected chi connectivity index (χ4v) is 2.40. The van der Waals surface area contributed by atoms with Gasteiger partial charge in [0, 0.05) is 14.8 Å². The molecular weight excluding hydrogens is 365 g/mol. The Labute approximate surface area is 123 Å². The minimum Gasteiger partial charge on any atom is -0.383 e. The molecule has 1 amide bonds. The lowest BCUT2D eigenvalue weighted by atomic mass is 10.2. The van der Waals surface area contributed by atoms with Gasteiger partial charge in [0.2, 0.25) is 0 Å². The number of nitrogens with one attached hydrogen (secondary N) is 1. The van der Waals surface area contributed by atoms with Gasteiger partial charge in [0.15, 0.2) is 0 Å². The van der Waals surface area contributed by atoms with E-state index in [1.54, 1.807) is 30.3 Å². The first-order valence-electron chi connectivity index (χ1n) is 5.05. The van der Waals surface area contributed by atoms with Crippen molar-refractivity contribution in [3.63, 3.8) is 0 Å². The van der Waals surface area contributed by atoms with Gasteiger partial charge in [0.1, 0.15) is 5.82 Å². The number of carbonyl (C=O) groups is 1. The average Bonchev–Trinajstić information content (AvgIpc) is 2.33. The Morgan fingerprint density at radius 2 is 2.17 bits per heavy atom. The molecule has 92 valence electrons. The van der Waals surface area contributed by atoms with E-state index in [0.717, 1.165) is 3.57 Å². The molecule has 0 fully saturated rings. The summed E-state index contributed by atoms with van der Waals surface area (Å²) < 4.78 is 0.857. The molecule has 4 nitrogen and oxygen atoms in total. The van der Waals surface area contributed by atoms with Crippen molar-refractivity contribution < 1.29 is 4.79 Å². The molecule has 0 radical (unpaired) electrons. The van der Waals surface area contributed by atoms with Crippen LogP contribution in [-0.4, -0.2) is 10.9 Å². The van der Waals surface area contributed by atoms with Crippen LogP contribution in [0.2, 0.25) is 5.02 Å². The number of nitrogen functional groups attached to an aromatic ring is 1. The molecule has 2 rings (SSSR count). The molecule has 0 saturated carbocycles. The van der Waals surface area contributed by atoms with Crippen LogP contribution in [0.25, 0.3) is 0 Å². The molecule has 0 bridgehead atoms. The van der Waals surface area contributed by atoms with Crippen LogP contribution in [0.5, 0.6) is 0 Å². The summed E-state index contributed by atoms with van der Waals surface area (Å²) in [4.78, 5) is 15.9. The van der Waals surface area contributed by atoms with Crippen LogP contribution in [0.1, 0.15) is 10.4 Å². The minimum atomic E-state index is -0.291. The molecule has 0 aliphatic heterocycles. The van der Waals surface area contributed by atoms with Crippen LogP contribution in [0.3, 0.4) is 0 Å². The number of amides is 1. The SMILES string of the molecule is Nc1ncccc1C(=O)Nc1ccc(Cl)cc1I. The number of nitrogens with two attached hydrogens (primary N) is 1. The van der Waals surface area contributed by atoms with Crippen LogP contribution in [0.4, 0.5) is 11.5 Å². The van der Waals surface area contributed by atoms with E-state index in [4.69, 9.17) is 17.3 Å². The Balaban J connectivity index is 2.24. The number of aromatic nitrogens is 1. The Hall–Kier alpha value is -1.34. The lowest BCUT2D eigenvalue weighted by molar-refractivity contribution is 0.102. The van der Waals surface area contributed by atoms with Gasteiger partial charge in [-0.3, -0.25) is 4.79 Å². The molecule has 0 spiro atoms. The zero-order valence-electron chi connectivity index (χ0n) is 9.15. The molecule has 18 heavy (non-hydrogen) atoms. The van der Waals surface area contributed by atoms with Crippen molar-refractivity contribution >= 4 is 51.6 Å². The molecule has 0 aliphatic rings. The van der Waals surface area contributed by atoms with Crippen LogP contribution in [0.15, 0.2) is 36.5 Å². The third-order valence-electron chi connectivity index (χ3n) is 2.26. The highest BCUT2D eigenvalue weighted by atomic mass is 127. The van der Waals surface area contributed by atoms with Gasteiger partial charge in [-0.2, -0.15) is 0 Å². The number of benzene rings is 1. The van der Waals surface area contributed by atoms with Gasteiger partial charge in [-0.05, 0) is 52.9 Å². The average molecular weight is 374 g/mol. The van der Waals surface area contributed by atoms with E-state index < -0.39 is 0 Å². The van der Waals surface area contributed by atoms with E-state index in [0.29, 0.717) is 16.3 Å². The van der Waals surface area contributed by atoms with Crippen molar-refractivity contribution in [3.05, 3.63) is 50.7 Å². The lowest BCUT2D eigenvalue weighted by Crippen LogP contribution is -2.15. The summed E-state index contributed by atoms with van der Waals surface area (Å²) in [6.07, 6.45) is 1.54. The summed E-state index contributed by atoms with van der Waals surface area (Å²) in [5, 5.41) is 3.39. The first kappa shape index (κ1) is 13.1. The molecule has 0 saturated heterocycles. The van der Waals surface area contributed by atoms with Crippen molar-refractivity contribution in [2.45, 2.75) is 0 Å². The molecule has 1 heterocycles. The number of rotatable bonds is 2. The van der Waals surface area contributed by atoms with Gasteiger partial charge in [-0.25, -0.2) is 4.98 Å². The van der Waals surface area contributed by atoms with Crippen LogP contribution in [0, 0.1) is 3.57 Å². The molecule has 0 unspecified atom stereocenters. The first-order chi connectivity index (χ1) is 8.58. The number of carbonyl (C=O) groups excluding carboxylic acids is 1. The lowest BCUT2D eigenvalue weighted by Gasteiger charge is -2.08. The van der Waals surface area contributed by atoms with E-state index in [9.17, 15) is 4.79 Å². The van der Waals surface area contributed by atoms with Crippen LogP contribution in [-0.2, 0) is 0 Å². The Kier molecular flexibility index (Phi) is 4.03. The predicted octanol–water partition coefficient (Wildman–Crippen LogP) is 3.17. The van der Waals surface area contributed by atoms with Crippen molar-refractivity contribution in [1.82, 2.24) is 4.98 Å².